The number of carbonyl (C=O) groups is 1. The Kier molecular flexibility index (Phi) is 15.4. The van der Waals surface area contributed by atoms with Gasteiger partial charge in [-0.05, 0) is 77.7 Å². The molecule has 8 nitrogen and oxygen atoms in total. The highest BCUT2D eigenvalue weighted by Crippen LogP contribution is 2.25. The van der Waals surface area contributed by atoms with E-state index in [-0.39, 0.29) is 49.5 Å². The number of halogens is 2. The van der Waals surface area contributed by atoms with Crippen LogP contribution in [-0.4, -0.2) is 50.0 Å². The Bertz CT molecular complexity index is 1340. The summed E-state index contributed by atoms with van der Waals surface area (Å²) in [7, 11) is -3.82. The molecule has 0 bridgehead atoms. The summed E-state index contributed by atoms with van der Waals surface area (Å²) in [5.74, 6) is -0.691. The second-order valence-corrected chi connectivity index (χ2v) is 12.0. The molecular weight excluding hydrogens is 585 g/mol. The Morgan fingerprint density at radius 1 is 0.951 bits per heavy atom. The zero-order chi connectivity index (χ0) is 28.4. The first-order chi connectivity index (χ1) is 18.6. The van der Waals surface area contributed by atoms with E-state index in [1.807, 2.05) is 50.2 Å². The molecule has 41 heavy (non-hydrogen) atoms. The third kappa shape index (κ3) is 11.6. The third-order valence-electron chi connectivity index (χ3n) is 6.33. The number of anilines is 1. The van der Waals surface area contributed by atoms with Crippen LogP contribution in [0.2, 0.25) is 0 Å². The number of carbonyl (C=O) groups excluding carboxylic acids is 1. The maximum absolute atomic E-state index is 12.8. The molecule has 6 N–H and O–H groups in total. The summed E-state index contributed by atoms with van der Waals surface area (Å²) >= 11 is 0. The van der Waals surface area contributed by atoms with Crippen molar-refractivity contribution in [2.24, 2.45) is 5.92 Å². The lowest BCUT2D eigenvalue weighted by Crippen LogP contribution is -2.33. The van der Waals surface area contributed by atoms with Crippen molar-refractivity contribution in [2.75, 3.05) is 31.2 Å². The van der Waals surface area contributed by atoms with Gasteiger partial charge >= 0.3 is 0 Å². The number of amides is 1. The maximum atomic E-state index is 12.8. The molecule has 3 rings (SSSR count). The highest BCUT2D eigenvalue weighted by molar-refractivity contribution is 7.90. The summed E-state index contributed by atoms with van der Waals surface area (Å²) in [5.41, 5.74) is 11.4. The zero-order valence-corrected chi connectivity index (χ0v) is 25.8. The Balaban J connectivity index is 0.00000420. The van der Waals surface area contributed by atoms with Gasteiger partial charge in [0, 0.05) is 24.4 Å². The summed E-state index contributed by atoms with van der Waals surface area (Å²) in [6.07, 6.45) is 0.896. The maximum Gasteiger partial charge on any atom is 0.265 e. The Morgan fingerprint density at radius 3 is 2.20 bits per heavy atom. The van der Waals surface area contributed by atoms with E-state index in [0.717, 1.165) is 40.8 Å². The van der Waals surface area contributed by atoms with Gasteiger partial charge in [0.2, 0.25) is 10.0 Å². The largest absolute Gasteiger partial charge is 0.399 e. The van der Waals surface area contributed by atoms with Gasteiger partial charge in [-0.1, -0.05) is 62.4 Å². The second-order valence-electron chi connectivity index (χ2n) is 10.1. The van der Waals surface area contributed by atoms with Crippen LogP contribution < -0.4 is 15.8 Å². The molecule has 0 saturated carbocycles. The topological polar surface area (TPSA) is 142 Å². The van der Waals surface area contributed by atoms with Crippen molar-refractivity contribution in [3.8, 4) is 11.1 Å². The molecule has 0 fully saturated rings. The number of aliphatic hydroxyl groups excluding tert-OH is 2. The van der Waals surface area contributed by atoms with E-state index in [4.69, 9.17) is 10.8 Å². The lowest BCUT2D eigenvalue weighted by Gasteiger charge is -2.15. The third-order valence-corrected chi connectivity index (χ3v) is 7.66. The van der Waals surface area contributed by atoms with Gasteiger partial charge in [0.1, 0.15) is 0 Å². The number of sulfonamides is 1. The molecule has 0 spiro atoms. The summed E-state index contributed by atoms with van der Waals surface area (Å²) in [5, 5.41) is 22.5. The average molecular weight is 627 g/mol. The number of benzene rings is 3. The predicted molar refractivity (Wildman–Crippen MR) is 170 cm³/mol. The number of rotatable bonds is 14. The minimum absolute atomic E-state index is 0. The number of nitrogens with one attached hydrogen (secondary N) is 2. The van der Waals surface area contributed by atoms with Crippen molar-refractivity contribution in [3.63, 3.8) is 0 Å². The Hall–Kier alpha value is -2.66. The molecule has 0 unspecified atom stereocenters. The van der Waals surface area contributed by atoms with Gasteiger partial charge in [-0.25, -0.2) is 13.1 Å². The van der Waals surface area contributed by atoms with Crippen LogP contribution in [0.3, 0.4) is 0 Å². The van der Waals surface area contributed by atoms with Gasteiger partial charge in [0.05, 0.1) is 11.9 Å². The molecule has 0 aliphatic heterocycles. The van der Waals surface area contributed by atoms with E-state index in [2.05, 4.69) is 22.2 Å². The van der Waals surface area contributed by atoms with Crippen molar-refractivity contribution in [1.29, 1.82) is 0 Å². The van der Waals surface area contributed by atoms with E-state index in [1.165, 1.54) is 0 Å². The molecule has 0 radical (unpaired) electrons. The first kappa shape index (κ1) is 36.4. The van der Waals surface area contributed by atoms with E-state index in [9.17, 15) is 18.3 Å². The van der Waals surface area contributed by atoms with Gasteiger partial charge in [0.15, 0.2) is 0 Å². The SMILES string of the molecule is CC(C)Cc1cc(-c2ccc(CCNC[C@H](O)c3ccc(N)cc3)cc2)ccc1C(=O)NS(=O)(=O)CCCO.Cl.Cl. The van der Waals surface area contributed by atoms with Crippen LogP contribution in [0.5, 0.6) is 0 Å². The summed E-state index contributed by atoms with van der Waals surface area (Å²) in [6.45, 7) is 5.00. The first-order valence-corrected chi connectivity index (χ1v) is 14.9. The molecule has 226 valence electrons. The fraction of sp³-hybridized carbons (Fsp3) is 0.367. The van der Waals surface area contributed by atoms with Gasteiger partial charge < -0.3 is 21.3 Å². The van der Waals surface area contributed by atoms with Crippen molar-refractivity contribution in [3.05, 3.63) is 89.0 Å². The van der Waals surface area contributed by atoms with Crippen LogP contribution in [0.4, 0.5) is 5.69 Å². The molecular formula is C30H41Cl2N3O5S. The lowest BCUT2D eigenvalue weighted by atomic mass is 9.93. The van der Waals surface area contributed by atoms with E-state index in [0.29, 0.717) is 24.2 Å². The fourth-order valence-electron chi connectivity index (χ4n) is 4.28. The van der Waals surface area contributed by atoms with E-state index >= 15 is 0 Å². The molecule has 0 aliphatic rings. The molecule has 0 aliphatic carbocycles. The summed E-state index contributed by atoms with van der Waals surface area (Å²) < 4.78 is 26.5. The van der Waals surface area contributed by atoms with Crippen LogP contribution in [0.15, 0.2) is 66.7 Å². The fourth-order valence-corrected chi connectivity index (χ4v) is 5.28. The molecule has 1 amide bonds. The van der Waals surface area contributed by atoms with Gasteiger partial charge in [-0.2, -0.15) is 0 Å². The summed E-state index contributed by atoms with van der Waals surface area (Å²) in [4.78, 5) is 12.8. The van der Waals surface area contributed by atoms with Crippen LogP contribution in [0, 0.1) is 5.92 Å². The summed E-state index contributed by atoms with van der Waals surface area (Å²) in [6, 6.07) is 20.8. The standard InChI is InChI=1S/C30H39N3O5S.2ClH/c1-21(2)18-26-19-25(10-13-28(26)30(36)33-39(37,38)17-3-16-34)23-6-4-22(5-7-23)14-15-32-20-29(35)24-8-11-27(31)12-9-24;;/h4-13,19,21,29,32,34-35H,3,14-18,20,31H2,1-2H3,(H,33,36);2*1H/t29-;;/m0../s1. The average Bonchev–Trinajstić information content (AvgIpc) is 2.90. The Labute approximate surface area is 255 Å². The number of aliphatic hydroxyl groups is 2. The quantitative estimate of drug-likeness (QED) is 0.133. The predicted octanol–water partition coefficient (Wildman–Crippen LogP) is 4.29. The van der Waals surface area contributed by atoms with E-state index in [1.54, 1.807) is 18.2 Å². The minimum Gasteiger partial charge on any atom is -0.399 e. The molecule has 3 aromatic rings. The van der Waals surface area contributed by atoms with E-state index < -0.39 is 22.0 Å². The van der Waals surface area contributed by atoms with Crippen molar-refractivity contribution in [2.45, 2.75) is 39.2 Å². The number of nitrogens with two attached hydrogens (primary N) is 1. The van der Waals surface area contributed by atoms with Crippen LogP contribution in [0.25, 0.3) is 11.1 Å². The van der Waals surface area contributed by atoms with Crippen molar-refractivity contribution >= 4 is 46.4 Å². The minimum atomic E-state index is -3.82. The molecule has 1 atom stereocenters. The van der Waals surface area contributed by atoms with Crippen LogP contribution in [0.1, 0.15) is 53.4 Å². The molecule has 3 aromatic carbocycles. The first-order valence-electron chi connectivity index (χ1n) is 13.2. The normalized spacial score (nSPS) is 11.8. The zero-order valence-electron chi connectivity index (χ0n) is 23.4. The van der Waals surface area contributed by atoms with Crippen LogP contribution >= 0.6 is 24.8 Å². The van der Waals surface area contributed by atoms with Gasteiger partial charge in [-0.3, -0.25) is 4.79 Å². The molecule has 0 saturated heterocycles. The number of hydrogen-bond donors (Lipinski definition) is 5. The molecule has 0 aromatic heterocycles. The highest BCUT2D eigenvalue weighted by Gasteiger charge is 2.19. The molecule has 11 heteroatoms. The van der Waals surface area contributed by atoms with Crippen molar-refractivity contribution in [1.82, 2.24) is 10.0 Å². The van der Waals surface area contributed by atoms with Crippen molar-refractivity contribution < 1.29 is 23.4 Å². The number of nitrogen functional groups attached to an aromatic ring is 1. The highest BCUT2D eigenvalue weighted by atomic mass is 35.5. The second kappa shape index (κ2) is 17.3. The number of hydrogen-bond acceptors (Lipinski definition) is 7. The lowest BCUT2D eigenvalue weighted by molar-refractivity contribution is 0.0980. The molecule has 0 heterocycles. The van der Waals surface area contributed by atoms with Crippen LogP contribution in [-0.2, 0) is 22.9 Å². The Morgan fingerprint density at radius 2 is 1.59 bits per heavy atom. The van der Waals surface area contributed by atoms with Gasteiger partial charge in [0.25, 0.3) is 5.91 Å². The van der Waals surface area contributed by atoms with Gasteiger partial charge in [-0.15, -0.1) is 24.8 Å². The smallest absolute Gasteiger partial charge is 0.265 e. The monoisotopic (exact) mass is 625 g/mol.